The first-order valence-corrected chi connectivity index (χ1v) is 9.66. The van der Waals surface area contributed by atoms with Crippen molar-refractivity contribution in [3.63, 3.8) is 0 Å². The van der Waals surface area contributed by atoms with Crippen LogP contribution < -0.4 is 5.32 Å². The van der Waals surface area contributed by atoms with Crippen LogP contribution in [0.5, 0.6) is 0 Å². The van der Waals surface area contributed by atoms with Crippen molar-refractivity contribution in [3.8, 4) is 0 Å². The van der Waals surface area contributed by atoms with Gasteiger partial charge in [0, 0.05) is 6.42 Å². The van der Waals surface area contributed by atoms with Gasteiger partial charge in [0.15, 0.2) is 0 Å². The zero-order valence-corrected chi connectivity index (χ0v) is 16.3. The summed E-state index contributed by atoms with van der Waals surface area (Å²) >= 11 is 0. The molecule has 0 aliphatic rings. The molecule has 0 aliphatic heterocycles. The van der Waals surface area contributed by atoms with E-state index in [-0.39, 0.29) is 5.92 Å². The second-order valence-corrected chi connectivity index (χ2v) is 6.96. The van der Waals surface area contributed by atoms with E-state index >= 15 is 0 Å². The minimum atomic E-state index is -0.743. The lowest BCUT2D eigenvalue weighted by Gasteiger charge is -2.18. The average Bonchev–Trinajstić information content (AvgIpc) is 2.63. The van der Waals surface area contributed by atoms with Crippen LogP contribution in [0.15, 0.2) is 30.3 Å². The molecule has 0 saturated carbocycles. The second-order valence-electron chi connectivity index (χ2n) is 6.96. The zero-order valence-electron chi connectivity index (χ0n) is 16.3. The quantitative estimate of drug-likeness (QED) is 0.439. The molecule has 0 aromatic heterocycles. The molecular formula is C21H33NO4. The molecule has 0 unspecified atom stereocenters. The van der Waals surface area contributed by atoms with Crippen molar-refractivity contribution in [3.05, 3.63) is 35.9 Å². The van der Waals surface area contributed by atoms with Gasteiger partial charge in [-0.2, -0.15) is 0 Å². The number of carbonyl (C=O) groups is 2. The predicted octanol–water partition coefficient (Wildman–Crippen LogP) is 4.49. The maximum absolute atomic E-state index is 12.4. The Morgan fingerprint density at radius 1 is 1.00 bits per heavy atom. The maximum atomic E-state index is 12.4. The van der Waals surface area contributed by atoms with Gasteiger partial charge in [0.05, 0.1) is 13.2 Å². The van der Waals surface area contributed by atoms with Gasteiger partial charge in [-0.15, -0.1) is 0 Å². The van der Waals surface area contributed by atoms with Crippen molar-refractivity contribution in [1.82, 2.24) is 5.32 Å². The van der Waals surface area contributed by atoms with Crippen molar-refractivity contribution >= 4 is 12.1 Å². The molecular weight excluding hydrogens is 330 g/mol. The van der Waals surface area contributed by atoms with E-state index in [0.29, 0.717) is 19.6 Å². The topological polar surface area (TPSA) is 64.6 Å². The Morgan fingerprint density at radius 2 is 1.69 bits per heavy atom. The summed E-state index contributed by atoms with van der Waals surface area (Å²) in [5.41, 5.74) is 0.960. The maximum Gasteiger partial charge on any atom is 0.407 e. The van der Waals surface area contributed by atoms with Gasteiger partial charge in [0.2, 0.25) is 0 Å². The zero-order chi connectivity index (χ0) is 19.2. The highest BCUT2D eigenvalue weighted by atomic mass is 16.6. The number of benzene rings is 1. The summed E-state index contributed by atoms with van der Waals surface area (Å²) < 4.78 is 10.5. The molecule has 1 amide bonds. The van der Waals surface area contributed by atoms with E-state index in [1.54, 1.807) is 0 Å². The highest BCUT2D eigenvalue weighted by Gasteiger charge is 2.23. The summed E-state index contributed by atoms with van der Waals surface area (Å²) in [6, 6.07) is 8.83. The molecule has 1 atom stereocenters. The first-order valence-electron chi connectivity index (χ1n) is 9.66. The number of amides is 1. The summed E-state index contributed by atoms with van der Waals surface area (Å²) in [6.07, 6.45) is 5.23. The van der Waals surface area contributed by atoms with E-state index in [0.717, 1.165) is 24.8 Å². The summed E-state index contributed by atoms with van der Waals surface area (Å²) in [7, 11) is 0. The molecule has 146 valence electrons. The van der Waals surface area contributed by atoms with Crippen LogP contribution in [0.3, 0.4) is 0 Å². The van der Waals surface area contributed by atoms with E-state index in [1.807, 2.05) is 44.2 Å². The van der Waals surface area contributed by atoms with Crippen molar-refractivity contribution in [1.29, 1.82) is 0 Å². The molecule has 5 heteroatoms. The molecule has 0 bridgehead atoms. The third-order valence-corrected chi connectivity index (χ3v) is 3.90. The van der Waals surface area contributed by atoms with Gasteiger partial charge < -0.3 is 14.8 Å². The molecule has 0 heterocycles. The number of unbranched alkanes of at least 4 members (excludes halogenated alkanes) is 4. The van der Waals surface area contributed by atoms with Gasteiger partial charge in [0.1, 0.15) is 6.04 Å². The van der Waals surface area contributed by atoms with Crippen molar-refractivity contribution < 1.29 is 19.1 Å². The molecule has 26 heavy (non-hydrogen) atoms. The highest BCUT2D eigenvalue weighted by molar-refractivity contribution is 5.81. The number of carbonyl (C=O) groups excluding carboxylic acids is 2. The number of ether oxygens (including phenoxy) is 2. The smallest absolute Gasteiger partial charge is 0.407 e. The van der Waals surface area contributed by atoms with Crippen molar-refractivity contribution in [2.45, 2.75) is 65.3 Å². The first-order chi connectivity index (χ1) is 12.5. The second kappa shape index (κ2) is 13.2. The Kier molecular flexibility index (Phi) is 11.2. The number of hydrogen-bond donors (Lipinski definition) is 1. The largest absolute Gasteiger partial charge is 0.464 e. The van der Waals surface area contributed by atoms with Crippen molar-refractivity contribution in [2.75, 3.05) is 13.2 Å². The van der Waals surface area contributed by atoms with Gasteiger partial charge in [-0.25, -0.2) is 9.59 Å². The molecule has 1 aromatic carbocycles. The van der Waals surface area contributed by atoms with Crippen LogP contribution in [0.4, 0.5) is 4.79 Å². The van der Waals surface area contributed by atoms with Crippen LogP contribution >= 0.6 is 0 Å². The fourth-order valence-corrected chi connectivity index (χ4v) is 2.45. The number of hydrogen-bond acceptors (Lipinski definition) is 4. The number of esters is 1. The molecule has 0 saturated heterocycles. The highest BCUT2D eigenvalue weighted by Crippen LogP contribution is 2.07. The molecule has 0 spiro atoms. The van der Waals surface area contributed by atoms with Crippen molar-refractivity contribution in [2.24, 2.45) is 5.92 Å². The van der Waals surface area contributed by atoms with Gasteiger partial charge in [-0.05, 0) is 17.9 Å². The van der Waals surface area contributed by atoms with E-state index in [1.165, 1.54) is 12.8 Å². The molecule has 5 nitrogen and oxygen atoms in total. The molecule has 1 aromatic rings. The van der Waals surface area contributed by atoms with Crippen LogP contribution in [0.1, 0.15) is 58.4 Å². The molecule has 1 rings (SSSR count). The van der Waals surface area contributed by atoms with Crippen LogP contribution in [0.2, 0.25) is 0 Å². The van der Waals surface area contributed by atoms with Crippen LogP contribution in [-0.4, -0.2) is 31.3 Å². The van der Waals surface area contributed by atoms with Crippen LogP contribution in [0.25, 0.3) is 0 Å². The Morgan fingerprint density at radius 3 is 2.35 bits per heavy atom. The first kappa shape index (κ1) is 22.0. The SMILES string of the molecule is CCCCCCCOC(=O)[C@H](Cc1ccccc1)NC(=O)OCC(C)C. The van der Waals surface area contributed by atoms with Gasteiger partial charge in [-0.1, -0.05) is 76.8 Å². The van der Waals surface area contributed by atoms with E-state index < -0.39 is 18.1 Å². The van der Waals surface area contributed by atoms with Crippen LogP contribution in [0, 0.1) is 5.92 Å². The molecule has 1 N–H and O–H groups in total. The minimum Gasteiger partial charge on any atom is -0.464 e. The molecule has 0 fully saturated rings. The minimum absolute atomic E-state index is 0.239. The Labute approximate surface area is 157 Å². The predicted molar refractivity (Wildman–Crippen MR) is 103 cm³/mol. The number of rotatable bonds is 12. The lowest BCUT2D eigenvalue weighted by atomic mass is 10.1. The summed E-state index contributed by atoms with van der Waals surface area (Å²) in [6.45, 7) is 6.79. The summed E-state index contributed by atoms with van der Waals surface area (Å²) in [5, 5.41) is 2.65. The monoisotopic (exact) mass is 363 g/mol. The average molecular weight is 363 g/mol. The third-order valence-electron chi connectivity index (χ3n) is 3.90. The number of alkyl carbamates (subject to hydrolysis) is 1. The Balaban J connectivity index is 2.53. The fourth-order valence-electron chi connectivity index (χ4n) is 2.45. The van der Waals surface area contributed by atoms with Gasteiger partial charge >= 0.3 is 12.1 Å². The van der Waals surface area contributed by atoms with Crippen LogP contribution in [-0.2, 0) is 20.7 Å². The van der Waals surface area contributed by atoms with E-state index in [4.69, 9.17) is 9.47 Å². The van der Waals surface area contributed by atoms with E-state index in [9.17, 15) is 9.59 Å². The lowest BCUT2D eigenvalue weighted by Crippen LogP contribution is -2.44. The van der Waals surface area contributed by atoms with Gasteiger partial charge in [0.25, 0.3) is 0 Å². The fraction of sp³-hybridized carbons (Fsp3) is 0.619. The van der Waals surface area contributed by atoms with Gasteiger partial charge in [-0.3, -0.25) is 0 Å². The normalized spacial score (nSPS) is 11.8. The molecule has 0 aliphatic carbocycles. The Bertz CT molecular complexity index is 516. The lowest BCUT2D eigenvalue weighted by molar-refractivity contribution is -0.146. The number of nitrogens with one attached hydrogen (secondary N) is 1. The summed E-state index contributed by atoms with van der Waals surface area (Å²) in [4.78, 5) is 24.4. The van der Waals surface area contributed by atoms with E-state index in [2.05, 4.69) is 12.2 Å². The summed E-state index contributed by atoms with van der Waals surface area (Å²) in [5.74, 6) is -0.172. The Hall–Kier alpha value is -2.04. The third kappa shape index (κ3) is 10.1. The standard InChI is InChI=1S/C21H33NO4/c1-4-5-6-7-11-14-25-20(23)19(15-18-12-9-8-10-13-18)22-21(24)26-16-17(2)3/h8-10,12-13,17,19H,4-7,11,14-16H2,1-3H3,(H,22,24)/t19-/m0/s1. The molecule has 0 radical (unpaired) electrons.